The number of hydrogen-bond acceptors (Lipinski definition) is 4. The summed E-state index contributed by atoms with van der Waals surface area (Å²) >= 11 is 1.67. The van der Waals surface area contributed by atoms with Crippen LogP contribution in [0.2, 0.25) is 0 Å². The van der Waals surface area contributed by atoms with Crippen LogP contribution in [0.4, 0.5) is 0 Å². The zero-order chi connectivity index (χ0) is 16.9. The van der Waals surface area contributed by atoms with E-state index < -0.39 is 5.97 Å². The van der Waals surface area contributed by atoms with E-state index in [0.29, 0.717) is 13.2 Å². The van der Waals surface area contributed by atoms with Gasteiger partial charge in [-0.05, 0) is 36.1 Å². The van der Waals surface area contributed by atoms with E-state index in [1.165, 1.54) is 5.56 Å². The fourth-order valence-corrected chi connectivity index (χ4v) is 4.70. The van der Waals surface area contributed by atoms with Crippen molar-refractivity contribution in [3.8, 4) is 0 Å². The van der Waals surface area contributed by atoms with E-state index in [4.69, 9.17) is 9.84 Å². The van der Waals surface area contributed by atoms with E-state index in [1.807, 2.05) is 18.2 Å². The molecular weight excluding hydrogens is 326 g/mol. The molecule has 0 aliphatic carbocycles. The van der Waals surface area contributed by atoms with Crippen molar-refractivity contribution < 1.29 is 19.4 Å². The first-order valence-corrected chi connectivity index (χ1v) is 9.51. The molecule has 1 aromatic carbocycles. The van der Waals surface area contributed by atoms with Gasteiger partial charge >= 0.3 is 5.97 Å². The van der Waals surface area contributed by atoms with Crippen LogP contribution in [-0.4, -0.2) is 53.4 Å². The quantitative estimate of drug-likeness (QED) is 0.885. The van der Waals surface area contributed by atoms with Crippen molar-refractivity contribution in [3.05, 3.63) is 35.4 Å². The minimum atomic E-state index is -0.864. The number of fused-ring (bicyclic) bond motifs is 1. The van der Waals surface area contributed by atoms with Gasteiger partial charge < -0.3 is 14.7 Å². The standard InChI is InChI=1S/C18H23NO4S/c20-16(21)5-9-19(14-6-10-23-11-7-14)18(22)17-15-4-2-1-3-13(15)8-12-24-17/h1-4,14,17H,5-12H2,(H,20,21)/t17-/m1/s1. The summed E-state index contributed by atoms with van der Waals surface area (Å²) in [6.07, 6.45) is 2.54. The molecule has 24 heavy (non-hydrogen) atoms. The van der Waals surface area contributed by atoms with Gasteiger partial charge in [-0.1, -0.05) is 24.3 Å². The van der Waals surface area contributed by atoms with Gasteiger partial charge in [0.1, 0.15) is 5.25 Å². The monoisotopic (exact) mass is 349 g/mol. The summed E-state index contributed by atoms with van der Waals surface area (Å²) in [6, 6.07) is 8.19. The summed E-state index contributed by atoms with van der Waals surface area (Å²) in [5.74, 6) is 0.116. The van der Waals surface area contributed by atoms with E-state index in [2.05, 4.69) is 6.07 Å². The number of thioether (sulfide) groups is 1. The molecule has 2 aliphatic heterocycles. The third kappa shape index (κ3) is 3.92. The van der Waals surface area contributed by atoms with Crippen LogP contribution in [0.3, 0.4) is 0 Å². The zero-order valence-electron chi connectivity index (χ0n) is 13.6. The van der Waals surface area contributed by atoms with Crippen LogP contribution < -0.4 is 0 Å². The number of nitrogens with zero attached hydrogens (tertiary/aromatic N) is 1. The number of rotatable bonds is 5. The van der Waals surface area contributed by atoms with Crippen molar-refractivity contribution in [2.45, 2.75) is 37.0 Å². The van der Waals surface area contributed by atoms with Gasteiger partial charge in [-0.25, -0.2) is 0 Å². The number of carbonyl (C=O) groups excluding carboxylic acids is 1. The van der Waals surface area contributed by atoms with Crippen molar-refractivity contribution in [2.75, 3.05) is 25.5 Å². The highest BCUT2D eigenvalue weighted by Gasteiger charge is 2.34. The van der Waals surface area contributed by atoms with Gasteiger partial charge in [0.2, 0.25) is 5.91 Å². The molecule has 0 aromatic heterocycles. The molecule has 1 amide bonds. The van der Waals surface area contributed by atoms with Crippen LogP contribution in [0, 0.1) is 0 Å². The predicted octanol–water partition coefficient (Wildman–Crippen LogP) is 2.50. The van der Waals surface area contributed by atoms with Gasteiger partial charge in [0.05, 0.1) is 6.42 Å². The summed E-state index contributed by atoms with van der Waals surface area (Å²) in [5, 5.41) is 8.83. The van der Waals surface area contributed by atoms with E-state index in [0.717, 1.165) is 30.6 Å². The van der Waals surface area contributed by atoms with Crippen LogP contribution in [0.15, 0.2) is 24.3 Å². The molecule has 0 radical (unpaired) electrons. The van der Waals surface area contributed by atoms with Crippen LogP contribution in [0.5, 0.6) is 0 Å². The molecule has 1 atom stereocenters. The van der Waals surface area contributed by atoms with Crippen LogP contribution in [0.25, 0.3) is 0 Å². The molecule has 1 N–H and O–H groups in total. The maximum absolute atomic E-state index is 13.2. The number of benzene rings is 1. The van der Waals surface area contributed by atoms with E-state index in [1.54, 1.807) is 16.7 Å². The second-order valence-electron chi connectivity index (χ2n) is 6.22. The third-order valence-corrected chi connectivity index (χ3v) is 5.93. The second-order valence-corrected chi connectivity index (χ2v) is 7.43. The summed E-state index contributed by atoms with van der Waals surface area (Å²) in [7, 11) is 0. The SMILES string of the molecule is O=C(O)CCN(C(=O)[C@@H]1SCCc2ccccc21)C1CCOCC1. The smallest absolute Gasteiger partial charge is 0.305 e. The van der Waals surface area contributed by atoms with E-state index >= 15 is 0 Å². The first-order chi connectivity index (χ1) is 11.7. The van der Waals surface area contributed by atoms with E-state index in [-0.39, 0.29) is 30.2 Å². The Labute approximate surface area is 146 Å². The van der Waals surface area contributed by atoms with Crippen molar-refractivity contribution in [2.24, 2.45) is 0 Å². The molecule has 1 saturated heterocycles. The summed E-state index contributed by atoms with van der Waals surface area (Å²) in [5.41, 5.74) is 2.32. The van der Waals surface area contributed by atoms with E-state index in [9.17, 15) is 9.59 Å². The number of ether oxygens (including phenoxy) is 1. The minimum Gasteiger partial charge on any atom is -0.481 e. The second kappa shape index (κ2) is 8.03. The van der Waals surface area contributed by atoms with Crippen molar-refractivity contribution in [1.82, 2.24) is 4.90 Å². The minimum absolute atomic E-state index is 0.0118. The maximum Gasteiger partial charge on any atom is 0.305 e. The molecule has 3 rings (SSSR count). The number of carbonyl (C=O) groups is 2. The average molecular weight is 349 g/mol. The van der Waals surface area contributed by atoms with Gasteiger partial charge in [-0.2, -0.15) is 0 Å². The van der Waals surface area contributed by atoms with Gasteiger partial charge in [0.15, 0.2) is 0 Å². The summed E-state index contributed by atoms with van der Waals surface area (Å²) < 4.78 is 5.40. The molecule has 1 aromatic rings. The van der Waals surface area contributed by atoms with Crippen LogP contribution in [0.1, 0.15) is 35.6 Å². The highest BCUT2D eigenvalue weighted by molar-refractivity contribution is 8.00. The van der Waals surface area contributed by atoms with Gasteiger partial charge in [0, 0.05) is 25.8 Å². The fraction of sp³-hybridized carbons (Fsp3) is 0.556. The number of aryl methyl sites for hydroxylation is 1. The highest BCUT2D eigenvalue weighted by atomic mass is 32.2. The molecular formula is C18H23NO4S. The number of amides is 1. The average Bonchev–Trinajstić information content (AvgIpc) is 2.62. The van der Waals surface area contributed by atoms with Crippen molar-refractivity contribution in [1.29, 1.82) is 0 Å². The number of aliphatic carboxylic acids is 1. The van der Waals surface area contributed by atoms with Gasteiger partial charge in [0.25, 0.3) is 0 Å². The molecule has 0 unspecified atom stereocenters. The Bertz CT molecular complexity index is 600. The van der Waals surface area contributed by atoms with Crippen LogP contribution >= 0.6 is 11.8 Å². The Balaban J connectivity index is 1.81. The Kier molecular flexibility index (Phi) is 5.79. The molecule has 130 valence electrons. The molecule has 1 fully saturated rings. The van der Waals surface area contributed by atoms with Crippen molar-refractivity contribution >= 4 is 23.6 Å². The van der Waals surface area contributed by atoms with Crippen LogP contribution in [-0.2, 0) is 20.7 Å². The lowest BCUT2D eigenvalue weighted by Gasteiger charge is -2.37. The number of carboxylic acid groups (broad SMARTS) is 1. The molecule has 0 bridgehead atoms. The first-order valence-electron chi connectivity index (χ1n) is 8.46. The molecule has 5 nitrogen and oxygen atoms in total. The Morgan fingerprint density at radius 3 is 2.75 bits per heavy atom. The Morgan fingerprint density at radius 2 is 2.00 bits per heavy atom. The predicted molar refractivity (Wildman–Crippen MR) is 93.2 cm³/mol. The van der Waals surface area contributed by atoms with Crippen molar-refractivity contribution in [3.63, 3.8) is 0 Å². The van der Waals surface area contributed by atoms with Gasteiger partial charge in [-0.3, -0.25) is 9.59 Å². The molecule has 2 aliphatic rings. The zero-order valence-corrected chi connectivity index (χ0v) is 14.5. The topological polar surface area (TPSA) is 66.8 Å². The molecule has 6 heteroatoms. The fourth-order valence-electron chi connectivity index (χ4n) is 3.43. The lowest BCUT2D eigenvalue weighted by atomic mass is 9.99. The normalized spacial score (nSPS) is 21.1. The first kappa shape index (κ1) is 17.3. The largest absolute Gasteiger partial charge is 0.481 e. The number of hydrogen-bond donors (Lipinski definition) is 1. The Hall–Kier alpha value is -1.53. The molecule has 0 saturated carbocycles. The molecule has 0 spiro atoms. The summed E-state index contributed by atoms with van der Waals surface area (Å²) in [6.45, 7) is 1.55. The lowest BCUT2D eigenvalue weighted by Crippen LogP contribution is -2.46. The highest BCUT2D eigenvalue weighted by Crippen LogP contribution is 2.38. The maximum atomic E-state index is 13.2. The number of carboxylic acids is 1. The Morgan fingerprint density at radius 1 is 1.25 bits per heavy atom. The summed E-state index contributed by atoms with van der Waals surface area (Å²) in [4.78, 5) is 26.1. The third-order valence-electron chi connectivity index (χ3n) is 4.70. The lowest BCUT2D eigenvalue weighted by molar-refractivity contribution is -0.140. The molecule has 2 heterocycles. The van der Waals surface area contributed by atoms with Gasteiger partial charge in [-0.15, -0.1) is 11.8 Å².